The van der Waals surface area contributed by atoms with Gasteiger partial charge in [-0.1, -0.05) is 12.1 Å². The molecule has 0 atom stereocenters. The second-order valence-electron chi connectivity index (χ2n) is 6.28. The number of carbonyl (C=O) groups is 1. The SMILES string of the molecule is O=C(CSc1ccccc1F)OCc1nc2sc3c(c2c(=O)[nH]1)CCCC3. The number of aryl methyl sites for hydroxylation is 2. The number of halogens is 1. The Hall–Kier alpha value is -2.19. The molecule has 0 saturated heterocycles. The summed E-state index contributed by atoms with van der Waals surface area (Å²) in [5.41, 5.74) is 0.950. The highest BCUT2D eigenvalue weighted by molar-refractivity contribution is 8.00. The number of ether oxygens (including phenoxy) is 1. The summed E-state index contributed by atoms with van der Waals surface area (Å²) in [6.45, 7) is -0.107. The van der Waals surface area contributed by atoms with Gasteiger partial charge in [0.1, 0.15) is 23.1 Å². The summed E-state index contributed by atoms with van der Waals surface area (Å²) in [6, 6.07) is 6.26. The van der Waals surface area contributed by atoms with Gasteiger partial charge in [0.2, 0.25) is 0 Å². The molecule has 140 valence electrons. The van der Waals surface area contributed by atoms with E-state index in [0.29, 0.717) is 20.9 Å². The molecule has 0 radical (unpaired) electrons. The summed E-state index contributed by atoms with van der Waals surface area (Å²) in [4.78, 5) is 33.9. The fraction of sp³-hybridized carbons (Fsp3) is 0.316. The average molecular weight is 404 g/mol. The van der Waals surface area contributed by atoms with Crippen LogP contribution in [-0.4, -0.2) is 21.7 Å². The minimum Gasteiger partial charge on any atom is -0.457 e. The zero-order valence-electron chi connectivity index (χ0n) is 14.4. The van der Waals surface area contributed by atoms with E-state index < -0.39 is 5.97 Å². The number of nitrogens with zero attached hydrogens (tertiary/aromatic N) is 1. The van der Waals surface area contributed by atoms with Gasteiger partial charge < -0.3 is 9.72 Å². The lowest BCUT2D eigenvalue weighted by Crippen LogP contribution is -2.15. The molecule has 4 rings (SSSR count). The van der Waals surface area contributed by atoms with Gasteiger partial charge in [0.05, 0.1) is 11.1 Å². The number of aromatic amines is 1. The third-order valence-electron chi connectivity index (χ3n) is 4.43. The summed E-state index contributed by atoms with van der Waals surface area (Å²) in [5.74, 6) is -0.541. The van der Waals surface area contributed by atoms with Gasteiger partial charge in [-0.15, -0.1) is 23.1 Å². The van der Waals surface area contributed by atoms with Crippen molar-refractivity contribution in [3.63, 3.8) is 0 Å². The number of nitrogens with one attached hydrogen (secondary N) is 1. The second-order valence-corrected chi connectivity index (χ2v) is 8.38. The lowest BCUT2D eigenvalue weighted by Gasteiger charge is -2.09. The molecule has 0 bridgehead atoms. The van der Waals surface area contributed by atoms with E-state index >= 15 is 0 Å². The van der Waals surface area contributed by atoms with Crippen LogP contribution in [0, 0.1) is 5.82 Å². The molecule has 1 aliphatic rings. The lowest BCUT2D eigenvalue weighted by atomic mass is 9.97. The van der Waals surface area contributed by atoms with Crippen LogP contribution in [0.1, 0.15) is 29.1 Å². The molecule has 8 heteroatoms. The predicted molar refractivity (Wildman–Crippen MR) is 104 cm³/mol. The Labute approximate surface area is 163 Å². The Morgan fingerprint density at radius 3 is 2.96 bits per heavy atom. The molecule has 0 unspecified atom stereocenters. The number of hydrogen-bond acceptors (Lipinski definition) is 6. The molecule has 0 fully saturated rings. The van der Waals surface area contributed by atoms with Gasteiger partial charge in [-0.2, -0.15) is 0 Å². The van der Waals surface area contributed by atoms with Crippen LogP contribution in [0.5, 0.6) is 0 Å². The van der Waals surface area contributed by atoms with E-state index in [1.807, 2.05) is 0 Å². The summed E-state index contributed by atoms with van der Waals surface area (Å²) in [6.07, 6.45) is 4.15. The van der Waals surface area contributed by atoms with E-state index in [4.69, 9.17) is 4.74 Å². The molecule has 2 aromatic heterocycles. The van der Waals surface area contributed by atoms with Gasteiger partial charge in [0.25, 0.3) is 5.56 Å². The Balaban J connectivity index is 1.42. The zero-order valence-corrected chi connectivity index (χ0v) is 16.1. The number of carbonyl (C=O) groups excluding carboxylic acids is 1. The van der Waals surface area contributed by atoms with E-state index in [-0.39, 0.29) is 23.7 Å². The molecular weight excluding hydrogens is 387 g/mol. The van der Waals surface area contributed by atoms with Gasteiger partial charge in [-0.05, 0) is 43.4 Å². The van der Waals surface area contributed by atoms with Crippen molar-refractivity contribution in [1.29, 1.82) is 0 Å². The third-order valence-corrected chi connectivity index (χ3v) is 6.63. The van der Waals surface area contributed by atoms with Crippen LogP contribution in [0.25, 0.3) is 10.2 Å². The fourth-order valence-electron chi connectivity index (χ4n) is 3.17. The number of benzene rings is 1. The number of hydrogen-bond donors (Lipinski definition) is 1. The number of aromatic nitrogens is 2. The number of H-pyrrole nitrogens is 1. The normalized spacial score (nSPS) is 13.5. The van der Waals surface area contributed by atoms with Gasteiger partial charge in [-0.25, -0.2) is 9.37 Å². The zero-order chi connectivity index (χ0) is 18.8. The van der Waals surface area contributed by atoms with Crippen molar-refractivity contribution >= 4 is 39.3 Å². The maximum Gasteiger partial charge on any atom is 0.316 e. The highest BCUT2D eigenvalue weighted by Gasteiger charge is 2.20. The van der Waals surface area contributed by atoms with Gasteiger partial charge in [0, 0.05) is 9.77 Å². The van der Waals surface area contributed by atoms with Crippen molar-refractivity contribution in [3.05, 3.63) is 56.7 Å². The maximum atomic E-state index is 13.6. The molecule has 0 spiro atoms. The Bertz CT molecular complexity index is 1060. The number of rotatable bonds is 5. The van der Waals surface area contributed by atoms with E-state index in [1.54, 1.807) is 29.5 Å². The first-order chi connectivity index (χ1) is 13.1. The highest BCUT2D eigenvalue weighted by atomic mass is 32.2. The van der Waals surface area contributed by atoms with Gasteiger partial charge in [-0.3, -0.25) is 9.59 Å². The Morgan fingerprint density at radius 2 is 2.11 bits per heavy atom. The molecule has 2 heterocycles. The van der Waals surface area contributed by atoms with Crippen LogP contribution in [-0.2, 0) is 29.0 Å². The first-order valence-corrected chi connectivity index (χ1v) is 10.5. The predicted octanol–water partition coefficient (Wildman–Crippen LogP) is 3.84. The topological polar surface area (TPSA) is 72.0 Å². The smallest absolute Gasteiger partial charge is 0.316 e. The average Bonchev–Trinajstić information content (AvgIpc) is 3.04. The first-order valence-electron chi connectivity index (χ1n) is 8.68. The number of fused-ring (bicyclic) bond motifs is 3. The quantitative estimate of drug-likeness (QED) is 0.517. The van der Waals surface area contributed by atoms with Gasteiger partial charge in [0.15, 0.2) is 0 Å². The molecular formula is C19H17FN2O3S2. The molecule has 0 saturated carbocycles. The number of thiophene rings is 1. The monoisotopic (exact) mass is 404 g/mol. The molecule has 3 aromatic rings. The summed E-state index contributed by atoms with van der Waals surface area (Å²) >= 11 is 2.63. The molecule has 1 N–H and O–H groups in total. The number of esters is 1. The highest BCUT2D eigenvalue weighted by Crippen LogP contribution is 2.33. The third kappa shape index (κ3) is 3.91. The van der Waals surface area contributed by atoms with Crippen molar-refractivity contribution < 1.29 is 13.9 Å². The Kier molecular flexibility index (Phi) is 5.27. The molecule has 0 aliphatic heterocycles. The Morgan fingerprint density at radius 1 is 1.30 bits per heavy atom. The molecule has 1 aromatic carbocycles. The minimum atomic E-state index is -0.489. The summed E-state index contributed by atoms with van der Waals surface area (Å²) in [5, 5.41) is 0.680. The summed E-state index contributed by atoms with van der Waals surface area (Å²) in [7, 11) is 0. The molecule has 1 aliphatic carbocycles. The van der Waals surface area contributed by atoms with Crippen molar-refractivity contribution in [3.8, 4) is 0 Å². The van der Waals surface area contributed by atoms with Crippen LogP contribution < -0.4 is 5.56 Å². The standard InChI is InChI=1S/C19H17FN2O3S2/c20-12-6-2-4-8-14(12)26-10-16(23)25-9-15-21-18(24)17-11-5-1-3-7-13(11)27-19(17)22-15/h2,4,6,8H,1,3,5,7,9-10H2,(H,21,22,24). The van der Waals surface area contributed by atoms with Crippen LogP contribution in [0.15, 0.2) is 34.0 Å². The van der Waals surface area contributed by atoms with Gasteiger partial charge >= 0.3 is 5.97 Å². The van der Waals surface area contributed by atoms with E-state index in [0.717, 1.165) is 43.0 Å². The summed E-state index contributed by atoms with van der Waals surface area (Å²) < 4.78 is 18.7. The van der Waals surface area contributed by atoms with Crippen molar-refractivity contribution in [2.75, 3.05) is 5.75 Å². The van der Waals surface area contributed by atoms with E-state index in [1.165, 1.54) is 10.9 Å². The van der Waals surface area contributed by atoms with E-state index in [2.05, 4.69) is 9.97 Å². The number of thioether (sulfide) groups is 1. The van der Waals surface area contributed by atoms with E-state index in [9.17, 15) is 14.0 Å². The van der Waals surface area contributed by atoms with Crippen LogP contribution in [0.4, 0.5) is 4.39 Å². The lowest BCUT2D eigenvalue weighted by molar-refractivity contribution is -0.141. The fourth-order valence-corrected chi connectivity index (χ4v) is 5.18. The molecule has 0 amide bonds. The van der Waals surface area contributed by atoms with Crippen LogP contribution in [0.3, 0.4) is 0 Å². The van der Waals surface area contributed by atoms with Crippen molar-refractivity contribution in [1.82, 2.24) is 9.97 Å². The maximum absolute atomic E-state index is 13.6. The second kappa shape index (κ2) is 7.82. The van der Waals surface area contributed by atoms with Crippen LogP contribution >= 0.6 is 23.1 Å². The van der Waals surface area contributed by atoms with Crippen LogP contribution in [0.2, 0.25) is 0 Å². The molecule has 5 nitrogen and oxygen atoms in total. The molecule has 27 heavy (non-hydrogen) atoms. The minimum absolute atomic E-state index is 0.0132. The first kappa shape index (κ1) is 18.2. The van der Waals surface area contributed by atoms with Crippen molar-refractivity contribution in [2.24, 2.45) is 0 Å². The van der Waals surface area contributed by atoms with Crippen molar-refractivity contribution in [2.45, 2.75) is 37.2 Å². The largest absolute Gasteiger partial charge is 0.457 e.